The first kappa shape index (κ1) is 23.6. The monoisotopic (exact) mass is 570 g/mol. The zero-order valence-corrected chi connectivity index (χ0v) is 20.6. The summed E-state index contributed by atoms with van der Waals surface area (Å²) in [6.07, 6.45) is 1.89. The highest BCUT2D eigenvalue weighted by Crippen LogP contribution is 2.26. The molecule has 31 heavy (non-hydrogen) atoms. The molecular formula is C22H20FIN2O3S2. The van der Waals surface area contributed by atoms with Crippen molar-refractivity contribution in [3.63, 3.8) is 0 Å². The number of rotatable bonds is 7. The summed E-state index contributed by atoms with van der Waals surface area (Å²) in [6, 6.07) is 17.0. The van der Waals surface area contributed by atoms with Gasteiger partial charge >= 0.3 is 0 Å². The maximum atomic E-state index is 13.9. The molecule has 3 aromatic rings. The second-order valence-electron chi connectivity index (χ2n) is 6.67. The molecule has 0 heterocycles. The van der Waals surface area contributed by atoms with Crippen LogP contribution in [0.1, 0.15) is 5.56 Å². The summed E-state index contributed by atoms with van der Waals surface area (Å²) in [5.41, 5.74) is 1.52. The Bertz CT molecular complexity index is 1200. The maximum Gasteiger partial charge on any atom is 0.264 e. The number of halogens is 2. The Morgan fingerprint density at radius 3 is 2.42 bits per heavy atom. The Labute approximate surface area is 199 Å². The Kier molecular flexibility index (Phi) is 7.60. The van der Waals surface area contributed by atoms with Gasteiger partial charge in [-0.15, -0.1) is 11.8 Å². The molecule has 0 aliphatic carbocycles. The summed E-state index contributed by atoms with van der Waals surface area (Å²) in [5, 5.41) is 2.75. The fraction of sp³-hybridized carbons (Fsp3) is 0.136. The van der Waals surface area contributed by atoms with Crippen molar-refractivity contribution in [2.45, 2.75) is 16.7 Å². The minimum Gasteiger partial charge on any atom is -0.324 e. The molecule has 9 heteroatoms. The zero-order valence-electron chi connectivity index (χ0n) is 16.8. The van der Waals surface area contributed by atoms with E-state index in [1.54, 1.807) is 18.2 Å². The lowest BCUT2D eigenvalue weighted by Gasteiger charge is -2.24. The van der Waals surface area contributed by atoms with Gasteiger partial charge in [-0.1, -0.05) is 6.07 Å². The Balaban J connectivity index is 1.95. The smallest absolute Gasteiger partial charge is 0.264 e. The minimum absolute atomic E-state index is 0.0211. The summed E-state index contributed by atoms with van der Waals surface area (Å²) < 4.78 is 42.5. The van der Waals surface area contributed by atoms with Crippen LogP contribution in [0.15, 0.2) is 76.5 Å². The van der Waals surface area contributed by atoms with E-state index in [0.29, 0.717) is 5.69 Å². The highest BCUT2D eigenvalue weighted by Gasteiger charge is 2.27. The molecular weight excluding hydrogens is 550 g/mol. The van der Waals surface area contributed by atoms with Gasteiger partial charge in [-0.3, -0.25) is 9.10 Å². The van der Waals surface area contributed by atoms with Gasteiger partial charge in [0.1, 0.15) is 12.4 Å². The van der Waals surface area contributed by atoms with Crippen molar-refractivity contribution in [2.24, 2.45) is 0 Å². The van der Waals surface area contributed by atoms with E-state index in [-0.39, 0.29) is 10.6 Å². The number of carbonyl (C=O) groups is 1. The predicted molar refractivity (Wildman–Crippen MR) is 132 cm³/mol. The van der Waals surface area contributed by atoms with Gasteiger partial charge in [0.25, 0.3) is 10.0 Å². The third-order valence-corrected chi connectivity index (χ3v) is 7.70. The number of aryl methyl sites for hydroxylation is 1. The third-order valence-electron chi connectivity index (χ3n) is 4.49. The van der Waals surface area contributed by atoms with Gasteiger partial charge in [-0.05, 0) is 102 Å². The second kappa shape index (κ2) is 10.0. The number of nitrogens with zero attached hydrogens (tertiary/aromatic N) is 1. The van der Waals surface area contributed by atoms with Gasteiger partial charge in [0, 0.05) is 14.2 Å². The first-order valence-corrected chi connectivity index (χ1v) is 12.9. The first-order chi connectivity index (χ1) is 14.7. The number of thioether (sulfide) groups is 1. The lowest BCUT2D eigenvalue weighted by atomic mass is 10.2. The van der Waals surface area contributed by atoms with E-state index in [4.69, 9.17) is 0 Å². The Morgan fingerprint density at radius 1 is 1.10 bits per heavy atom. The zero-order chi connectivity index (χ0) is 22.6. The maximum absolute atomic E-state index is 13.9. The quantitative estimate of drug-likeness (QED) is 0.310. The van der Waals surface area contributed by atoms with E-state index in [1.165, 1.54) is 42.1 Å². The molecule has 0 spiro atoms. The molecule has 0 fully saturated rings. The van der Waals surface area contributed by atoms with E-state index in [1.807, 2.05) is 25.3 Å². The summed E-state index contributed by atoms with van der Waals surface area (Å²) in [5.74, 6) is -1.12. The first-order valence-electron chi connectivity index (χ1n) is 9.19. The SMILES string of the molecule is CSc1ccc(S(=O)(=O)N(CC(=O)Nc2ccc(I)cc2C)c2cccc(F)c2)cc1. The van der Waals surface area contributed by atoms with Crippen molar-refractivity contribution < 1.29 is 17.6 Å². The number of sulfonamides is 1. The summed E-state index contributed by atoms with van der Waals surface area (Å²) in [7, 11) is -4.10. The molecule has 5 nitrogen and oxygen atoms in total. The largest absolute Gasteiger partial charge is 0.324 e. The standard InChI is InChI=1S/C22H20FIN2O3S2/c1-15-12-17(24)6-11-21(15)25-22(27)14-26(18-5-3-4-16(23)13-18)31(28,29)20-9-7-19(30-2)8-10-20/h3-13H,14H2,1-2H3,(H,25,27). The molecule has 3 aromatic carbocycles. The van der Waals surface area contributed by atoms with Gasteiger partial charge in [-0.2, -0.15) is 0 Å². The summed E-state index contributed by atoms with van der Waals surface area (Å²) >= 11 is 3.66. The van der Waals surface area contributed by atoms with Crippen LogP contribution in [0.25, 0.3) is 0 Å². The molecule has 0 unspecified atom stereocenters. The van der Waals surface area contributed by atoms with Crippen LogP contribution in [0.4, 0.5) is 15.8 Å². The van der Waals surface area contributed by atoms with Crippen LogP contribution in [0.2, 0.25) is 0 Å². The number of anilines is 2. The Hall–Kier alpha value is -2.11. The molecule has 0 radical (unpaired) electrons. The third kappa shape index (κ3) is 5.78. The number of benzene rings is 3. The highest BCUT2D eigenvalue weighted by molar-refractivity contribution is 14.1. The number of amides is 1. The minimum atomic E-state index is -4.10. The van der Waals surface area contributed by atoms with Gasteiger partial charge in [0.05, 0.1) is 10.6 Å². The molecule has 0 saturated carbocycles. The van der Waals surface area contributed by atoms with Crippen LogP contribution in [0.3, 0.4) is 0 Å². The molecule has 1 amide bonds. The van der Waals surface area contributed by atoms with E-state index in [2.05, 4.69) is 27.9 Å². The molecule has 0 bridgehead atoms. The van der Waals surface area contributed by atoms with Crippen molar-refractivity contribution >= 4 is 61.7 Å². The fourth-order valence-electron chi connectivity index (χ4n) is 2.91. The van der Waals surface area contributed by atoms with Crippen molar-refractivity contribution in [1.82, 2.24) is 0 Å². The van der Waals surface area contributed by atoms with E-state index in [9.17, 15) is 17.6 Å². The Morgan fingerprint density at radius 2 is 1.81 bits per heavy atom. The number of hydrogen-bond acceptors (Lipinski definition) is 4. The van der Waals surface area contributed by atoms with Gasteiger partial charge in [-0.25, -0.2) is 12.8 Å². The summed E-state index contributed by atoms with van der Waals surface area (Å²) in [6.45, 7) is 1.35. The molecule has 1 N–H and O–H groups in total. The van der Waals surface area contributed by atoms with Crippen LogP contribution in [0, 0.1) is 16.3 Å². The highest BCUT2D eigenvalue weighted by atomic mass is 127. The average Bonchev–Trinajstić information content (AvgIpc) is 2.74. The fourth-order valence-corrected chi connectivity index (χ4v) is 5.38. The van der Waals surface area contributed by atoms with Gasteiger partial charge in [0.15, 0.2) is 0 Å². The van der Waals surface area contributed by atoms with Crippen molar-refractivity contribution in [3.8, 4) is 0 Å². The van der Waals surface area contributed by atoms with Crippen molar-refractivity contribution in [2.75, 3.05) is 22.4 Å². The van der Waals surface area contributed by atoms with Gasteiger partial charge in [0.2, 0.25) is 5.91 Å². The number of nitrogens with one attached hydrogen (secondary N) is 1. The van der Waals surface area contributed by atoms with E-state index in [0.717, 1.165) is 24.4 Å². The lowest BCUT2D eigenvalue weighted by molar-refractivity contribution is -0.114. The molecule has 0 aromatic heterocycles. The molecule has 162 valence electrons. The molecule has 0 aliphatic rings. The molecule has 0 saturated heterocycles. The van der Waals surface area contributed by atoms with E-state index < -0.39 is 28.3 Å². The van der Waals surface area contributed by atoms with Crippen LogP contribution in [-0.4, -0.2) is 27.1 Å². The number of hydrogen-bond donors (Lipinski definition) is 1. The predicted octanol–water partition coefficient (Wildman–Crippen LogP) is 5.29. The van der Waals surface area contributed by atoms with Crippen LogP contribution in [0.5, 0.6) is 0 Å². The molecule has 0 aliphatic heterocycles. The van der Waals surface area contributed by atoms with Crippen molar-refractivity contribution in [3.05, 3.63) is 81.7 Å². The molecule has 3 rings (SSSR count). The van der Waals surface area contributed by atoms with Crippen LogP contribution in [-0.2, 0) is 14.8 Å². The van der Waals surface area contributed by atoms with Crippen molar-refractivity contribution in [1.29, 1.82) is 0 Å². The topological polar surface area (TPSA) is 66.5 Å². The van der Waals surface area contributed by atoms with Gasteiger partial charge < -0.3 is 5.32 Å². The molecule has 0 atom stereocenters. The average molecular weight is 570 g/mol. The van der Waals surface area contributed by atoms with Crippen LogP contribution < -0.4 is 9.62 Å². The van der Waals surface area contributed by atoms with Crippen LogP contribution >= 0.6 is 34.4 Å². The normalized spacial score (nSPS) is 11.2. The second-order valence-corrected chi connectivity index (χ2v) is 10.7. The van der Waals surface area contributed by atoms with E-state index >= 15 is 0 Å². The number of carbonyl (C=O) groups excluding carboxylic acids is 1. The lowest BCUT2D eigenvalue weighted by Crippen LogP contribution is -2.38. The summed E-state index contributed by atoms with van der Waals surface area (Å²) in [4.78, 5) is 13.7.